The highest BCUT2D eigenvalue weighted by Crippen LogP contribution is 2.25. The summed E-state index contributed by atoms with van der Waals surface area (Å²) in [5.74, 6) is -0.358. The molecule has 2 aromatic carbocycles. The average Bonchev–Trinajstić information content (AvgIpc) is 2.71. The van der Waals surface area contributed by atoms with Crippen LogP contribution in [0.1, 0.15) is 23.6 Å². The van der Waals surface area contributed by atoms with Crippen molar-refractivity contribution in [2.24, 2.45) is 5.16 Å². The second-order valence-corrected chi connectivity index (χ2v) is 6.61. The van der Waals surface area contributed by atoms with Crippen LogP contribution in [-0.2, 0) is 21.1 Å². The fourth-order valence-electron chi connectivity index (χ4n) is 2.38. The molecule has 0 spiro atoms. The quantitative estimate of drug-likeness (QED) is 0.369. The predicted molar refractivity (Wildman–Crippen MR) is 116 cm³/mol. The standard InChI is InChI=1S/C21H21Cl2N3O3/c1-14(11-12-17-18(22)9-6-10-19(17)23)25-29-13-15-7-4-5-8-16(15)20(26-28-3)21(27)24-2/h4-10,12,25H,13H2,1-3H3,(H,24,27). The van der Waals surface area contributed by atoms with Gasteiger partial charge in [0.1, 0.15) is 13.7 Å². The number of hydroxylamine groups is 1. The molecule has 0 radical (unpaired) electrons. The molecule has 0 heterocycles. The van der Waals surface area contributed by atoms with Crippen LogP contribution in [0.3, 0.4) is 0 Å². The first-order chi connectivity index (χ1) is 14.0. The molecule has 8 heteroatoms. The number of halogens is 2. The van der Waals surface area contributed by atoms with Crippen molar-refractivity contribution in [2.75, 3.05) is 14.2 Å². The molecule has 6 nitrogen and oxygen atoms in total. The molecule has 0 saturated heterocycles. The van der Waals surface area contributed by atoms with Crippen molar-refractivity contribution in [1.29, 1.82) is 0 Å². The van der Waals surface area contributed by atoms with E-state index in [1.165, 1.54) is 14.2 Å². The number of benzene rings is 2. The predicted octanol–water partition coefficient (Wildman–Crippen LogP) is 4.33. The van der Waals surface area contributed by atoms with E-state index >= 15 is 0 Å². The lowest BCUT2D eigenvalue weighted by molar-refractivity contribution is -0.114. The molecular weight excluding hydrogens is 413 g/mol. The Morgan fingerprint density at radius 1 is 1.17 bits per heavy atom. The van der Waals surface area contributed by atoms with Crippen molar-refractivity contribution in [3.05, 3.63) is 80.6 Å². The summed E-state index contributed by atoms with van der Waals surface area (Å²) in [6, 6.07) is 12.5. The Bertz CT molecular complexity index is 947. The first-order valence-corrected chi connectivity index (χ1v) is 9.40. The highest BCUT2D eigenvalue weighted by molar-refractivity contribution is 6.45. The second kappa shape index (κ2) is 11.3. The maximum Gasteiger partial charge on any atom is 0.273 e. The lowest BCUT2D eigenvalue weighted by Gasteiger charge is -2.11. The van der Waals surface area contributed by atoms with Gasteiger partial charge in [0.25, 0.3) is 5.91 Å². The third kappa shape index (κ3) is 6.38. The Morgan fingerprint density at radius 2 is 1.86 bits per heavy atom. The van der Waals surface area contributed by atoms with Gasteiger partial charge in [-0.3, -0.25) is 15.1 Å². The van der Waals surface area contributed by atoms with Gasteiger partial charge in [-0.25, -0.2) is 0 Å². The van der Waals surface area contributed by atoms with Crippen molar-refractivity contribution in [1.82, 2.24) is 10.8 Å². The number of oxime groups is 1. The minimum atomic E-state index is -0.358. The zero-order valence-electron chi connectivity index (χ0n) is 16.3. The molecule has 0 unspecified atom stereocenters. The topological polar surface area (TPSA) is 72.0 Å². The van der Waals surface area contributed by atoms with E-state index in [1.807, 2.05) is 18.2 Å². The first-order valence-electron chi connectivity index (χ1n) is 8.64. The number of hydrogen-bond acceptors (Lipinski definition) is 5. The lowest BCUT2D eigenvalue weighted by atomic mass is 10.0. The summed E-state index contributed by atoms with van der Waals surface area (Å²) in [7, 11) is 2.91. The molecule has 2 rings (SSSR count). The van der Waals surface area contributed by atoms with Crippen LogP contribution in [0.5, 0.6) is 0 Å². The fraction of sp³-hybridized carbons (Fsp3) is 0.190. The molecule has 0 aliphatic heterocycles. The van der Waals surface area contributed by atoms with Gasteiger partial charge in [-0.15, -0.1) is 0 Å². The van der Waals surface area contributed by atoms with Crippen molar-refractivity contribution in [3.63, 3.8) is 0 Å². The number of likely N-dealkylation sites (N-methyl/N-ethyl adjacent to an activating group) is 1. The summed E-state index contributed by atoms with van der Waals surface area (Å²) >= 11 is 12.3. The molecule has 0 saturated carbocycles. The molecule has 0 atom stereocenters. The summed E-state index contributed by atoms with van der Waals surface area (Å²) in [5.41, 5.74) is 8.65. The van der Waals surface area contributed by atoms with Gasteiger partial charge in [0.2, 0.25) is 0 Å². The number of nitrogens with one attached hydrogen (secondary N) is 2. The van der Waals surface area contributed by atoms with Gasteiger partial charge in [-0.05, 0) is 30.7 Å². The van der Waals surface area contributed by atoms with E-state index < -0.39 is 0 Å². The zero-order chi connectivity index (χ0) is 21.2. The smallest absolute Gasteiger partial charge is 0.273 e. The summed E-state index contributed by atoms with van der Waals surface area (Å²) < 4.78 is 0. The van der Waals surface area contributed by atoms with E-state index in [0.717, 1.165) is 5.56 Å². The highest BCUT2D eigenvalue weighted by Gasteiger charge is 2.17. The number of hydrogen-bond donors (Lipinski definition) is 2. The summed E-state index contributed by atoms with van der Waals surface area (Å²) in [5, 5.41) is 7.44. The Balaban J connectivity index is 2.12. The number of allylic oxidation sites excluding steroid dienone is 1. The zero-order valence-corrected chi connectivity index (χ0v) is 17.8. The number of rotatable bonds is 8. The van der Waals surface area contributed by atoms with Gasteiger partial charge in [0, 0.05) is 28.2 Å². The number of carbonyl (C=O) groups excluding carboxylic acids is 1. The lowest BCUT2D eigenvalue weighted by Crippen LogP contribution is -2.29. The maximum absolute atomic E-state index is 12.1. The molecule has 0 bridgehead atoms. The molecule has 29 heavy (non-hydrogen) atoms. The van der Waals surface area contributed by atoms with Gasteiger partial charge in [0.05, 0.1) is 5.70 Å². The van der Waals surface area contributed by atoms with E-state index in [1.54, 1.807) is 37.3 Å². The van der Waals surface area contributed by atoms with Gasteiger partial charge >= 0.3 is 0 Å². The Labute approximate surface area is 179 Å². The average molecular weight is 434 g/mol. The van der Waals surface area contributed by atoms with Crippen LogP contribution in [0.4, 0.5) is 0 Å². The molecule has 1 amide bonds. The number of amides is 1. The van der Waals surface area contributed by atoms with Crippen molar-refractivity contribution in [3.8, 4) is 0 Å². The molecule has 0 aliphatic carbocycles. The molecule has 2 N–H and O–H groups in total. The Kier molecular flexibility index (Phi) is 8.77. The Morgan fingerprint density at radius 3 is 2.52 bits per heavy atom. The normalized spacial score (nSPS) is 10.7. The van der Waals surface area contributed by atoms with Gasteiger partial charge in [0.15, 0.2) is 5.71 Å². The highest BCUT2D eigenvalue weighted by atomic mass is 35.5. The van der Waals surface area contributed by atoms with Crippen LogP contribution in [0.25, 0.3) is 6.08 Å². The largest absolute Gasteiger partial charge is 0.398 e. The van der Waals surface area contributed by atoms with Crippen molar-refractivity contribution >= 4 is 40.9 Å². The fourth-order valence-corrected chi connectivity index (χ4v) is 2.89. The van der Waals surface area contributed by atoms with Gasteiger partial charge < -0.3 is 10.2 Å². The Hall–Kier alpha value is -2.76. The summed E-state index contributed by atoms with van der Waals surface area (Å²) in [6.45, 7) is 1.97. The van der Waals surface area contributed by atoms with E-state index in [9.17, 15) is 4.79 Å². The van der Waals surface area contributed by atoms with E-state index in [2.05, 4.69) is 21.7 Å². The van der Waals surface area contributed by atoms with Crippen molar-refractivity contribution < 1.29 is 14.5 Å². The minimum Gasteiger partial charge on any atom is -0.398 e. The maximum atomic E-state index is 12.1. The van der Waals surface area contributed by atoms with Crippen LogP contribution in [0.2, 0.25) is 10.0 Å². The molecular formula is C21H21Cl2N3O3. The SMILES string of the molecule is CNC(=O)C(=NOC)c1ccccc1CONC(C)=C=Cc1c(Cl)cccc1Cl. The van der Waals surface area contributed by atoms with Crippen LogP contribution in [-0.4, -0.2) is 25.8 Å². The van der Waals surface area contributed by atoms with E-state index in [4.69, 9.17) is 32.9 Å². The van der Waals surface area contributed by atoms with Gasteiger partial charge in [-0.1, -0.05) is 64.4 Å². The van der Waals surface area contributed by atoms with Crippen molar-refractivity contribution in [2.45, 2.75) is 13.5 Å². The monoisotopic (exact) mass is 433 g/mol. The first kappa shape index (κ1) is 22.5. The van der Waals surface area contributed by atoms with Crippen LogP contribution in [0.15, 0.2) is 59.0 Å². The molecule has 2 aromatic rings. The third-order valence-electron chi connectivity index (χ3n) is 3.78. The van der Waals surface area contributed by atoms with Crippen LogP contribution in [0, 0.1) is 0 Å². The molecule has 0 aromatic heterocycles. The van der Waals surface area contributed by atoms with Crippen LogP contribution < -0.4 is 10.8 Å². The second-order valence-electron chi connectivity index (χ2n) is 5.80. The summed E-state index contributed by atoms with van der Waals surface area (Å²) in [4.78, 5) is 22.4. The third-order valence-corrected chi connectivity index (χ3v) is 4.44. The van der Waals surface area contributed by atoms with Crippen LogP contribution >= 0.6 is 23.2 Å². The minimum absolute atomic E-state index is 0.162. The van der Waals surface area contributed by atoms with E-state index in [0.29, 0.717) is 26.9 Å². The van der Waals surface area contributed by atoms with Gasteiger partial charge in [-0.2, -0.15) is 0 Å². The number of nitrogens with zero attached hydrogens (tertiary/aromatic N) is 1. The molecule has 0 fully saturated rings. The molecule has 0 aliphatic rings. The summed E-state index contributed by atoms with van der Waals surface area (Å²) in [6.07, 6.45) is 1.68. The number of carbonyl (C=O) groups is 1. The molecule has 152 valence electrons. The van der Waals surface area contributed by atoms with E-state index in [-0.39, 0.29) is 18.2 Å².